The van der Waals surface area contributed by atoms with Gasteiger partial charge in [0.25, 0.3) is 5.88 Å². The van der Waals surface area contributed by atoms with Crippen LogP contribution < -0.4 is 4.74 Å². The van der Waals surface area contributed by atoms with Gasteiger partial charge in [-0.05, 0) is 11.6 Å². The number of ether oxygens (including phenoxy) is 1. The Bertz CT molecular complexity index is 1180. The summed E-state index contributed by atoms with van der Waals surface area (Å²) in [7, 11) is 0. The van der Waals surface area contributed by atoms with Crippen LogP contribution in [0.15, 0.2) is 42.6 Å². The van der Waals surface area contributed by atoms with Gasteiger partial charge in [0.15, 0.2) is 17.5 Å². The summed E-state index contributed by atoms with van der Waals surface area (Å²) in [5.74, 6) is -8.54. The zero-order chi connectivity index (χ0) is 19.1. The summed E-state index contributed by atoms with van der Waals surface area (Å²) < 4.78 is 76.3. The molecule has 0 radical (unpaired) electrons. The third-order valence-electron chi connectivity index (χ3n) is 4.02. The van der Waals surface area contributed by atoms with Crippen molar-refractivity contribution in [2.24, 2.45) is 0 Å². The number of benzene rings is 2. The van der Waals surface area contributed by atoms with Crippen LogP contribution in [0, 0.1) is 29.1 Å². The van der Waals surface area contributed by atoms with Crippen LogP contribution >= 0.6 is 0 Å². The van der Waals surface area contributed by atoms with Crippen LogP contribution in [0.3, 0.4) is 0 Å². The van der Waals surface area contributed by atoms with Crippen LogP contribution in [0.2, 0.25) is 0 Å². The molecule has 0 saturated carbocycles. The Kier molecular flexibility index (Phi) is 4.10. The Hall–Kier alpha value is -3.29. The molecule has 2 heterocycles. The van der Waals surface area contributed by atoms with Crippen molar-refractivity contribution in [2.75, 3.05) is 0 Å². The molecule has 0 bridgehead atoms. The maximum absolute atomic E-state index is 14.4. The third kappa shape index (κ3) is 2.73. The summed E-state index contributed by atoms with van der Waals surface area (Å²) in [6.07, 6.45) is 0.988. The van der Waals surface area contributed by atoms with Gasteiger partial charge in [0.1, 0.15) is 23.5 Å². The minimum atomic E-state index is -1.75. The summed E-state index contributed by atoms with van der Waals surface area (Å²) in [5.41, 5.74) is -0.323. The summed E-state index contributed by atoms with van der Waals surface area (Å²) in [6.45, 7) is -0.140. The molecule has 0 atom stereocenters. The lowest BCUT2D eigenvalue weighted by atomic mass is 10.1. The van der Waals surface area contributed by atoms with Gasteiger partial charge in [-0.25, -0.2) is 22.5 Å². The van der Waals surface area contributed by atoms with E-state index in [0.717, 1.165) is 12.3 Å². The molecule has 0 N–H and O–H groups in total. The van der Waals surface area contributed by atoms with Gasteiger partial charge in [0.05, 0.1) is 10.8 Å². The zero-order valence-electron chi connectivity index (χ0n) is 13.4. The molecule has 3 nitrogen and oxygen atoms in total. The van der Waals surface area contributed by atoms with Crippen molar-refractivity contribution in [1.82, 2.24) is 9.97 Å². The Balaban J connectivity index is 1.95. The van der Waals surface area contributed by atoms with Gasteiger partial charge in [0.2, 0.25) is 5.82 Å². The van der Waals surface area contributed by atoms with E-state index in [4.69, 9.17) is 4.74 Å². The number of hydrogen-bond donors (Lipinski definition) is 0. The van der Waals surface area contributed by atoms with Crippen LogP contribution in [-0.2, 0) is 6.61 Å². The highest BCUT2D eigenvalue weighted by atomic mass is 19.2. The fourth-order valence-electron chi connectivity index (χ4n) is 2.75. The Morgan fingerprint density at radius 1 is 0.741 bits per heavy atom. The molecule has 136 valence electrons. The minimum absolute atomic E-state index is 0.140. The number of pyridine rings is 2. The normalized spacial score (nSPS) is 11.3. The van der Waals surface area contributed by atoms with Crippen molar-refractivity contribution in [2.45, 2.75) is 6.61 Å². The molecular formula is C19H9F5N2O. The number of hydrogen-bond acceptors (Lipinski definition) is 3. The topological polar surface area (TPSA) is 35.0 Å². The van der Waals surface area contributed by atoms with Crippen LogP contribution in [0.5, 0.6) is 5.88 Å². The Morgan fingerprint density at radius 2 is 1.41 bits per heavy atom. The fourth-order valence-corrected chi connectivity index (χ4v) is 2.75. The molecule has 27 heavy (non-hydrogen) atoms. The number of halogens is 5. The molecule has 0 fully saturated rings. The largest absolute Gasteiger partial charge is 0.471 e. The Labute approximate surface area is 149 Å². The van der Waals surface area contributed by atoms with E-state index >= 15 is 0 Å². The highest BCUT2D eigenvalue weighted by Gasteiger charge is 2.26. The quantitative estimate of drug-likeness (QED) is 0.370. The van der Waals surface area contributed by atoms with Crippen molar-refractivity contribution in [1.29, 1.82) is 0 Å². The molecule has 4 rings (SSSR count). The van der Waals surface area contributed by atoms with Crippen LogP contribution in [0.4, 0.5) is 22.0 Å². The molecule has 2 aromatic heterocycles. The van der Waals surface area contributed by atoms with Gasteiger partial charge in [0, 0.05) is 6.20 Å². The number of rotatable bonds is 3. The van der Waals surface area contributed by atoms with Gasteiger partial charge in [-0.15, -0.1) is 0 Å². The van der Waals surface area contributed by atoms with Crippen LogP contribution in [0.25, 0.3) is 21.8 Å². The molecule has 8 heteroatoms. The number of nitrogens with zero attached hydrogens (tertiary/aromatic N) is 2. The molecular weight excluding hydrogens is 367 g/mol. The van der Waals surface area contributed by atoms with Crippen molar-refractivity contribution < 1.29 is 26.7 Å². The minimum Gasteiger partial charge on any atom is -0.471 e. The fraction of sp³-hybridized carbons (Fsp3) is 0.0526. The average Bonchev–Trinajstić information content (AvgIpc) is 2.68. The van der Waals surface area contributed by atoms with Crippen LogP contribution in [0.1, 0.15) is 5.56 Å². The monoisotopic (exact) mass is 376 g/mol. The maximum Gasteiger partial charge on any atom is 0.254 e. The van der Waals surface area contributed by atoms with Gasteiger partial charge in [-0.1, -0.05) is 30.3 Å². The summed E-state index contributed by atoms with van der Waals surface area (Å²) in [5, 5.41) is -1.85. The van der Waals surface area contributed by atoms with Gasteiger partial charge in [-0.3, -0.25) is 4.98 Å². The number of fused-ring (bicyclic) bond motifs is 3. The maximum atomic E-state index is 14.4. The van der Waals surface area contributed by atoms with E-state index in [9.17, 15) is 22.0 Å². The van der Waals surface area contributed by atoms with Gasteiger partial charge in [-0.2, -0.15) is 4.39 Å². The molecule has 0 saturated heterocycles. The second-order valence-electron chi connectivity index (χ2n) is 5.69. The zero-order valence-corrected chi connectivity index (χ0v) is 13.4. The summed E-state index contributed by atoms with van der Waals surface area (Å²) >= 11 is 0. The molecule has 0 unspecified atom stereocenters. The smallest absolute Gasteiger partial charge is 0.254 e. The average molecular weight is 376 g/mol. The lowest BCUT2D eigenvalue weighted by Crippen LogP contribution is -2.05. The van der Waals surface area contributed by atoms with Crippen molar-refractivity contribution in [3.63, 3.8) is 0 Å². The molecule has 0 aliphatic carbocycles. The molecule has 0 spiro atoms. The van der Waals surface area contributed by atoms with E-state index in [1.165, 1.54) is 0 Å². The highest BCUT2D eigenvalue weighted by molar-refractivity contribution is 6.04. The number of aromatic nitrogens is 2. The summed E-state index contributed by atoms with van der Waals surface area (Å²) in [4.78, 5) is 7.50. The van der Waals surface area contributed by atoms with E-state index < -0.39 is 56.8 Å². The first kappa shape index (κ1) is 17.1. The molecule has 0 aliphatic rings. The van der Waals surface area contributed by atoms with Crippen LogP contribution in [-0.4, -0.2) is 9.97 Å². The molecule has 4 aromatic rings. The third-order valence-corrected chi connectivity index (χ3v) is 4.02. The SMILES string of the molecule is Fc1c(OCc2ccccc2)nc2c(c1F)c(F)c(F)c1c(F)ccnc12. The van der Waals surface area contributed by atoms with Crippen molar-refractivity contribution in [3.05, 3.63) is 77.2 Å². The lowest BCUT2D eigenvalue weighted by molar-refractivity contribution is 0.273. The summed E-state index contributed by atoms with van der Waals surface area (Å²) in [6, 6.07) is 9.42. The second kappa shape index (κ2) is 6.46. The first-order chi connectivity index (χ1) is 13.0. The molecule has 0 amide bonds. The van der Waals surface area contributed by atoms with E-state index in [-0.39, 0.29) is 6.61 Å². The van der Waals surface area contributed by atoms with Crippen molar-refractivity contribution in [3.8, 4) is 5.88 Å². The van der Waals surface area contributed by atoms with Gasteiger partial charge < -0.3 is 4.74 Å². The first-order valence-corrected chi connectivity index (χ1v) is 7.75. The molecule has 2 aromatic carbocycles. The van der Waals surface area contributed by atoms with E-state index in [1.54, 1.807) is 30.3 Å². The van der Waals surface area contributed by atoms with Gasteiger partial charge >= 0.3 is 0 Å². The predicted octanol–water partition coefficient (Wildman–Crippen LogP) is 5.06. The first-order valence-electron chi connectivity index (χ1n) is 7.75. The van der Waals surface area contributed by atoms with Crippen molar-refractivity contribution >= 4 is 21.8 Å². The van der Waals surface area contributed by atoms with E-state index in [2.05, 4.69) is 9.97 Å². The lowest BCUT2D eigenvalue weighted by Gasteiger charge is -2.12. The Morgan fingerprint density at radius 3 is 2.15 bits per heavy atom. The van der Waals surface area contributed by atoms with E-state index in [0.29, 0.717) is 5.56 Å². The van der Waals surface area contributed by atoms with E-state index in [1.807, 2.05) is 0 Å². The second-order valence-corrected chi connectivity index (χ2v) is 5.69. The predicted molar refractivity (Wildman–Crippen MR) is 87.6 cm³/mol. The standard InChI is InChI=1S/C19H9F5N2O/c20-10-6-7-25-17-11(10)13(21)14(22)12-15(23)16(24)19(26-18(12)17)27-8-9-4-2-1-3-5-9/h1-7H,8H2. The highest BCUT2D eigenvalue weighted by Crippen LogP contribution is 2.35. The molecule has 0 aliphatic heterocycles.